The first-order valence-corrected chi connectivity index (χ1v) is 13.9. The number of aromatic nitrogens is 2. The first kappa shape index (κ1) is 26.7. The van der Waals surface area contributed by atoms with Crippen molar-refractivity contribution in [2.24, 2.45) is 7.05 Å². The number of ether oxygens (including phenoxy) is 2. The molecule has 2 aliphatic heterocycles. The third-order valence-electron chi connectivity index (χ3n) is 8.64. The fraction of sp³-hybridized carbons (Fsp3) is 0.517. The van der Waals surface area contributed by atoms with Crippen molar-refractivity contribution in [2.45, 2.75) is 62.7 Å². The molecular weight excluding hydrogens is 523 g/mol. The van der Waals surface area contributed by atoms with E-state index < -0.39 is 12.1 Å². The lowest BCUT2D eigenvalue weighted by atomic mass is 9.80. The van der Waals surface area contributed by atoms with E-state index in [0.717, 1.165) is 57.2 Å². The molecule has 0 spiro atoms. The highest BCUT2D eigenvalue weighted by atomic mass is 19.4. The minimum atomic E-state index is -4.33. The number of aryl methyl sites for hydroxylation is 1. The van der Waals surface area contributed by atoms with Crippen molar-refractivity contribution in [2.75, 3.05) is 31.7 Å². The number of nitrogens with zero attached hydrogens (tertiary/aromatic N) is 3. The zero-order chi connectivity index (χ0) is 28.0. The molecule has 8 nitrogen and oxygen atoms in total. The number of alkyl halides is 3. The smallest absolute Gasteiger partial charge is 0.395 e. The first-order valence-electron chi connectivity index (χ1n) is 13.9. The lowest BCUT2D eigenvalue weighted by Crippen LogP contribution is -2.63. The van der Waals surface area contributed by atoms with Crippen molar-refractivity contribution in [3.05, 3.63) is 47.5 Å². The zero-order valence-corrected chi connectivity index (χ0v) is 22.6. The Morgan fingerprint density at radius 1 is 1.07 bits per heavy atom. The van der Waals surface area contributed by atoms with Crippen LogP contribution in [-0.2, 0) is 11.8 Å². The van der Waals surface area contributed by atoms with Crippen LogP contribution in [0.1, 0.15) is 55.6 Å². The molecule has 1 saturated carbocycles. The number of hydrogen-bond acceptors (Lipinski definition) is 6. The second kappa shape index (κ2) is 10.5. The fourth-order valence-electron chi connectivity index (χ4n) is 6.16. The van der Waals surface area contributed by atoms with Gasteiger partial charge in [0, 0.05) is 31.6 Å². The van der Waals surface area contributed by atoms with E-state index in [1.807, 2.05) is 6.07 Å². The van der Waals surface area contributed by atoms with Crippen LogP contribution >= 0.6 is 0 Å². The average Bonchev–Trinajstić information content (AvgIpc) is 3.51. The van der Waals surface area contributed by atoms with E-state index in [1.165, 1.54) is 17.7 Å². The molecule has 1 aliphatic carbocycles. The van der Waals surface area contributed by atoms with Crippen LogP contribution in [0.3, 0.4) is 0 Å². The molecule has 1 unspecified atom stereocenters. The zero-order valence-electron chi connectivity index (χ0n) is 22.6. The monoisotopic (exact) mass is 557 g/mol. The van der Waals surface area contributed by atoms with Gasteiger partial charge in [-0.3, -0.25) is 14.4 Å². The quantitative estimate of drug-likeness (QED) is 0.430. The summed E-state index contributed by atoms with van der Waals surface area (Å²) < 4.78 is 52.2. The summed E-state index contributed by atoms with van der Waals surface area (Å²) in [7, 11) is 1.73. The molecule has 3 heterocycles. The third kappa shape index (κ3) is 5.31. The maximum atomic E-state index is 13.2. The van der Waals surface area contributed by atoms with Gasteiger partial charge in [0.15, 0.2) is 17.3 Å². The van der Waals surface area contributed by atoms with Crippen LogP contribution in [0.25, 0.3) is 10.9 Å². The van der Waals surface area contributed by atoms with Gasteiger partial charge in [-0.05, 0) is 73.9 Å². The van der Waals surface area contributed by atoms with E-state index in [1.54, 1.807) is 17.8 Å². The minimum absolute atomic E-state index is 0.00229. The highest BCUT2D eigenvalue weighted by Gasteiger charge is 2.38. The topological polar surface area (TPSA) is 80.7 Å². The Morgan fingerprint density at radius 2 is 1.82 bits per heavy atom. The summed E-state index contributed by atoms with van der Waals surface area (Å²) in [5.74, 6) is 0.845. The Kier molecular flexibility index (Phi) is 7.02. The number of amides is 1. The number of halogens is 3. The molecule has 214 valence electrons. The fourth-order valence-corrected chi connectivity index (χ4v) is 6.16. The number of likely N-dealkylation sites (tertiary alicyclic amines) is 1. The number of anilines is 1. The molecule has 6 rings (SSSR count). The molecular formula is C29H34F3N5O3. The Labute approximate surface area is 230 Å². The first-order chi connectivity index (χ1) is 19.2. The lowest BCUT2D eigenvalue weighted by molar-refractivity contribution is -0.146. The van der Waals surface area contributed by atoms with Crippen LogP contribution in [0.5, 0.6) is 11.5 Å². The van der Waals surface area contributed by atoms with Gasteiger partial charge in [0.25, 0.3) is 0 Å². The normalized spacial score (nSPS) is 22.2. The molecule has 1 saturated heterocycles. The van der Waals surface area contributed by atoms with Crippen molar-refractivity contribution in [1.29, 1.82) is 0 Å². The summed E-state index contributed by atoms with van der Waals surface area (Å²) in [6.45, 7) is 3.10. The molecule has 2 fully saturated rings. The Morgan fingerprint density at radius 3 is 2.58 bits per heavy atom. The van der Waals surface area contributed by atoms with Crippen molar-refractivity contribution in [3.8, 4) is 11.5 Å². The minimum Gasteiger partial charge on any atom is -0.454 e. The second-order valence-electron chi connectivity index (χ2n) is 11.2. The van der Waals surface area contributed by atoms with Gasteiger partial charge in [-0.25, -0.2) is 0 Å². The molecule has 3 aromatic rings. The summed E-state index contributed by atoms with van der Waals surface area (Å²) in [4.78, 5) is 15.1. The van der Waals surface area contributed by atoms with Crippen LogP contribution < -0.4 is 20.1 Å². The van der Waals surface area contributed by atoms with Gasteiger partial charge in [0.05, 0.1) is 24.0 Å². The summed E-state index contributed by atoms with van der Waals surface area (Å²) in [5, 5.41) is 11.0. The van der Waals surface area contributed by atoms with Crippen LogP contribution in [0, 0.1) is 0 Å². The maximum absolute atomic E-state index is 13.2. The Hall–Kier alpha value is -3.47. The van der Waals surface area contributed by atoms with Crippen molar-refractivity contribution >= 4 is 22.6 Å². The molecule has 3 aliphatic rings. The van der Waals surface area contributed by atoms with E-state index in [9.17, 15) is 18.0 Å². The summed E-state index contributed by atoms with van der Waals surface area (Å²) in [5.41, 5.74) is 2.18. The van der Waals surface area contributed by atoms with Gasteiger partial charge in [-0.2, -0.15) is 18.3 Å². The standard InChI is InChI=1S/C29H34F3N5O3/c1-17(29(30,31)32)19-5-9-24-23(11-19)28(35-36(24)2)33-13-27(38)34-21-14-37(15-21)22-7-3-18(4-8-22)20-6-10-25-26(12-20)40-16-39-25/h5-6,9-12,17-18,21-22H,3-4,7-8,13-16H2,1-2H3,(H,33,35)(H,34,38). The summed E-state index contributed by atoms with van der Waals surface area (Å²) in [6, 6.07) is 11.5. The van der Waals surface area contributed by atoms with Crippen molar-refractivity contribution in [3.63, 3.8) is 0 Å². The van der Waals surface area contributed by atoms with Gasteiger partial charge in [-0.1, -0.05) is 12.1 Å². The second-order valence-corrected chi connectivity index (χ2v) is 11.2. The number of rotatable bonds is 7. The molecule has 1 aromatic heterocycles. The van der Waals surface area contributed by atoms with Gasteiger partial charge in [0.2, 0.25) is 12.7 Å². The van der Waals surface area contributed by atoms with E-state index in [0.29, 0.717) is 35.5 Å². The Balaban J connectivity index is 0.966. The van der Waals surface area contributed by atoms with Gasteiger partial charge in [-0.15, -0.1) is 0 Å². The molecule has 0 radical (unpaired) electrons. The molecule has 1 amide bonds. The molecule has 1 atom stereocenters. The van der Waals surface area contributed by atoms with E-state index in [4.69, 9.17) is 9.47 Å². The lowest BCUT2D eigenvalue weighted by Gasteiger charge is -2.46. The SMILES string of the molecule is CC(c1ccc2c(c1)c(NCC(=O)NC1CN(C3CCC(c4ccc5c(c4)OCO5)CC3)C1)nn2C)C(F)(F)F. The van der Waals surface area contributed by atoms with Gasteiger partial charge >= 0.3 is 6.18 Å². The predicted molar refractivity (Wildman–Crippen MR) is 145 cm³/mol. The number of benzene rings is 2. The summed E-state index contributed by atoms with van der Waals surface area (Å²) >= 11 is 0. The highest BCUT2D eigenvalue weighted by Crippen LogP contribution is 2.41. The molecule has 11 heteroatoms. The van der Waals surface area contributed by atoms with E-state index in [2.05, 4.69) is 32.8 Å². The number of fused-ring (bicyclic) bond motifs is 2. The summed E-state index contributed by atoms with van der Waals surface area (Å²) in [6.07, 6.45) is 0.186. The number of carbonyl (C=O) groups excluding carboxylic acids is 1. The van der Waals surface area contributed by atoms with Crippen LogP contribution in [0.15, 0.2) is 36.4 Å². The van der Waals surface area contributed by atoms with Gasteiger partial charge < -0.3 is 20.1 Å². The Bertz CT molecular complexity index is 1390. The van der Waals surface area contributed by atoms with Crippen molar-refractivity contribution in [1.82, 2.24) is 20.0 Å². The van der Waals surface area contributed by atoms with Gasteiger partial charge in [0.1, 0.15) is 0 Å². The van der Waals surface area contributed by atoms with Crippen LogP contribution in [-0.4, -0.2) is 65.3 Å². The third-order valence-corrected chi connectivity index (χ3v) is 8.64. The predicted octanol–water partition coefficient (Wildman–Crippen LogP) is 4.91. The maximum Gasteiger partial charge on any atom is 0.395 e. The average molecular weight is 558 g/mol. The van der Waals surface area contributed by atoms with Crippen LogP contribution in [0.4, 0.5) is 19.0 Å². The van der Waals surface area contributed by atoms with Crippen molar-refractivity contribution < 1.29 is 27.4 Å². The molecule has 0 bridgehead atoms. The number of carbonyl (C=O) groups is 1. The van der Waals surface area contributed by atoms with E-state index in [-0.39, 0.29) is 24.1 Å². The van der Waals surface area contributed by atoms with E-state index >= 15 is 0 Å². The molecule has 40 heavy (non-hydrogen) atoms. The van der Waals surface area contributed by atoms with Crippen LogP contribution in [0.2, 0.25) is 0 Å². The number of nitrogens with one attached hydrogen (secondary N) is 2. The number of hydrogen-bond donors (Lipinski definition) is 2. The highest BCUT2D eigenvalue weighted by molar-refractivity contribution is 5.92. The molecule has 2 aromatic carbocycles. The largest absolute Gasteiger partial charge is 0.454 e. The molecule has 2 N–H and O–H groups in total.